The maximum atomic E-state index is 11.2. The first kappa shape index (κ1) is 9.73. The molecule has 0 spiro atoms. The summed E-state index contributed by atoms with van der Waals surface area (Å²) < 4.78 is 5.74. The first-order valence-corrected chi connectivity index (χ1v) is 4.68. The van der Waals surface area contributed by atoms with Gasteiger partial charge in [0.05, 0.1) is 10.3 Å². The van der Waals surface area contributed by atoms with Gasteiger partial charge in [-0.05, 0) is 28.7 Å². The molecular weight excluding hydrogens is 269 g/mol. The van der Waals surface area contributed by atoms with E-state index in [1.54, 1.807) is 7.11 Å². The quantitative estimate of drug-likeness (QED) is 0.666. The molecule has 0 bridgehead atoms. The zero-order valence-electron chi connectivity index (χ0n) is 6.76. The zero-order valence-corrected chi connectivity index (χ0v) is 8.92. The van der Waals surface area contributed by atoms with Gasteiger partial charge in [-0.3, -0.25) is 4.79 Å². The molecular formula is C8H10INO2. The molecule has 1 rings (SSSR count). The number of aromatic amines is 1. The van der Waals surface area contributed by atoms with Crippen LogP contribution in [0.4, 0.5) is 0 Å². The van der Waals surface area contributed by atoms with Crippen molar-refractivity contribution < 1.29 is 4.74 Å². The molecule has 66 valence electrons. The third-order valence-electron chi connectivity index (χ3n) is 1.53. The molecule has 0 saturated carbocycles. The first-order chi connectivity index (χ1) is 5.74. The van der Waals surface area contributed by atoms with Crippen LogP contribution in [-0.4, -0.2) is 18.7 Å². The maximum absolute atomic E-state index is 11.2. The minimum atomic E-state index is -0.0149. The monoisotopic (exact) mass is 279 g/mol. The van der Waals surface area contributed by atoms with E-state index in [1.165, 1.54) is 0 Å². The van der Waals surface area contributed by atoms with Crippen molar-refractivity contribution in [3.8, 4) is 0 Å². The van der Waals surface area contributed by atoms with Crippen molar-refractivity contribution in [2.45, 2.75) is 6.42 Å². The second kappa shape index (κ2) is 4.61. The summed E-state index contributed by atoms with van der Waals surface area (Å²) in [6, 6.07) is 3.71. The van der Waals surface area contributed by atoms with Crippen LogP contribution in [0.3, 0.4) is 0 Å². The maximum Gasteiger partial charge on any atom is 0.252 e. The molecule has 1 N–H and O–H groups in total. The van der Waals surface area contributed by atoms with Crippen LogP contribution in [-0.2, 0) is 11.2 Å². The van der Waals surface area contributed by atoms with E-state index in [2.05, 4.69) is 27.6 Å². The lowest BCUT2D eigenvalue weighted by atomic mass is 10.2. The van der Waals surface area contributed by atoms with E-state index in [9.17, 15) is 4.79 Å². The average Bonchev–Trinajstić information content (AvgIpc) is 2.03. The van der Waals surface area contributed by atoms with Crippen molar-refractivity contribution in [1.82, 2.24) is 4.98 Å². The van der Waals surface area contributed by atoms with Gasteiger partial charge in [-0.25, -0.2) is 0 Å². The highest BCUT2D eigenvalue weighted by Crippen LogP contribution is 1.98. The van der Waals surface area contributed by atoms with Gasteiger partial charge in [0.1, 0.15) is 0 Å². The van der Waals surface area contributed by atoms with Gasteiger partial charge in [0, 0.05) is 19.1 Å². The molecule has 3 nitrogen and oxygen atoms in total. The SMILES string of the molecule is COCCc1ccc(I)[nH]c1=O. The highest BCUT2D eigenvalue weighted by atomic mass is 127. The molecule has 1 aromatic rings. The minimum Gasteiger partial charge on any atom is -0.384 e. The van der Waals surface area contributed by atoms with Crippen LogP contribution in [0.25, 0.3) is 0 Å². The third-order valence-corrected chi connectivity index (χ3v) is 2.16. The second-order valence-corrected chi connectivity index (χ2v) is 3.57. The van der Waals surface area contributed by atoms with E-state index in [0.29, 0.717) is 13.0 Å². The third kappa shape index (κ3) is 2.60. The molecule has 0 radical (unpaired) electrons. The van der Waals surface area contributed by atoms with Crippen molar-refractivity contribution >= 4 is 22.6 Å². The fraction of sp³-hybridized carbons (Fsp3) is 0.375. The summed E-state index contributed by atoms with van der Waals surface area (Å²) in [6.07, 6.45) is 0.669. The van der Waals surface area contributed by atoms with Crippen LogP contribution in [0.2, 0.25) is 0 Å². The molecule has 0 aliphatic rings. The van der Waals surface area contributed by atoms with E-state index in [-0.39, 0.29) is 5.56 Å². The fourth-order valence-electron chi connectivity index (χ4n) is 0.889. The number of rotatable bonds is 3. The van der Waals surface area contributed by atoms with Crippen LogP contribution in [0.15, 0.2) is 16.9 Å². The van der Waals surface area contributed by atoms with E-state index in [4.69, 9.17) is 4.74 Å². The summed E-state index contributed by atoms with van der Waals surface area (Å²) >= 11 is 2.07. The Hall–Kier alpha value is -0.360. The summed E-state index contributed by atoms with van der Waals surface area (Å²) in [4.78, 5) is 14.0. The number of hydrogen-bond donors (Lipinski definition) is 1. The summed E-state index contributed by atoms with van der Waals surface area (Å²) in [6.45, 7) is 0.587. The minimum absolute atomic E-state index is 0.0149. The van der Waals surface area contributed by atoms with E-state index >= 15 is 0 Å². The number of nitrogens with one attached hydrogen (secondary N) is 1. The van der Waals surface area contributed by atoms with Gasteiger partial charge in [0.25, 0.3) is 5.56 Å². The molecule has 0 atom stereocenters. The van der Waals surface area contributed by atoms with Crippen molar-refractivity contribution in [2.75, 3.05) is 13.7 Å². The summed E-state index contributed by atoms with van der Waals surface area (Å²) in [5, 5.41) is 0. The normalized spacial score (nSPS) is 10.2. The Balaban J connectivity index is 2.80. The van der Waals surface area contributed by atoms with E-state index in [1.807, 2.05) is 12.1 Å². The van der Waals surface area contributed by atoms with Crippen molar-refractivity contribution in [3.05, 3.63) is 31.8 Å². The molecule has 1 heterocycles. The van der Waals surface area contributed by atoms with Crippen LogP contribution in [0, 0.1) is 3.70 Å². The Morgan fingerprint density at radius 1 is 1.58 bits per heavy atom. The molecule has 0 aromatic carbocycles. The lowest BCUT2D eigenvalue weighted by molar-refractivity contribution is 0.202. The largest absolute Gasteiger partial charge is 0.384 e. The van der Waals surface area contributed by atoms with Crippen molar-refractivity contribution in [2.24, 2.45) is 0 Å². The number of H-pyrrole nitrogens is 1. The second-order valence-electron chi connectivity index (χ2n) is 2.40. The molecule has 0 unspecified atom stereocenters. The molecule has 1 aromatic heterocycles. The number of ether oxygens (including phenoxy) is 1. The van der Waals surface area contributed by atoms with Gasteiger partial charge in [0.2, 0.25) is 0 Å². The lowest BCUT2D eigenvalue weighted by Crippen LogP contribution is -2.14. The van der Waals surface area contributed by atoms with Gasteiger partial charge in [-0.2, -0.15) is 0 Å². The molecule has 0 amide bonds. The van der Waals surface area contributed by atoms with E-state index < -0.39 is 0 Å². The lowest BCUT2D eigenvalue weighted by Gasteiger charge is -1.98. The van der Waals surface area contributed by atoms with Gasteiger partial charge in [-0.15, -0.1) is 0 Å². The zero-order chi connectivity index (χ0) is 8.97. The number of methoxy groups -OCH3 is 1. The Kier molecular flexibility index (Phi) is 3.74. The summed E-state index contributed by atoms with van der Waals surface area (Å²) in [5.74, 6) is 0. The predicted molar refractivity (Wildman–Crippen MR) is 55.4 cm³/mol. The summed E-state index contributed by atoms with van der Waals surface area (Å²) in [7, 11) is 1.63. The molecule has 0 saturated heterocycles. The van der Waals surface area contributed by atoms with Gasteiger partial charge < -0.3 is 9.72 Å². The van der Waals surface area contributed by atoms with Gasteiger partial charge in [0.15, 0.2) is 0 Å². The Morgan fingerprint density at radius 2 is 2.33 bits per heavy atom. The highest BCUT2D eigenvalue weighted by molar-refractivity contribution is 14.1. The van der Waals surface area contributed by atoms with Crippen LogP contribution >= 0.6 is 22.6 Å². The molecule has 12 heavy (non-hydrogen) atoms. The Labute approximate surface area is 84.3 Å². The smallest absolute Gasteiger partial charge is 0.252 e. The number of pyridine rings is 1. The van der Waals surface area contributed by atoms with Crippen molar-refractivity contribution in [1.29, 1.82) is 0 Å². The topological polar surface area (TPSA) is 42.1 Å². The molecule has 0 aliphatic heterocycles. The Morgan fingerprint density at radius 3 is 2.92 bits per heavy atom. The standard InChI is InChI=1S/C8H10INO2/c1-12-5-4-6-2-3-7(9)10-8(6)11/h2-3H,4-5H2,1H3,(H,10,11). The average molecular weight is 279 g/mol. The van der Waals surface area contributed by atoms with Gasteiger partial charge in [-0.1, -0.05) is 6.07 Å². The Bertz CT molecular complexity index is 308. The summed E-state index contributed by atoms with van der Waals surface area (Å²) in [5.41, 5.74) is 0.760. The highest BCUT2D eigenvalue weighted by Gasteiger charge is 1.98. The number of hydrogen-bond acceptors (Lipinski definition) is 2. The fourth-order valence-corrected chi connectivity index (χ4v) is 1.31. The van der Waals surface area contributed by atoms with Crippen molar-refractivity contribution in [3.63, 3.8) is 0 Å². The number of aromatic nitrogens is 1. The molecule has 0 aliphatic carbocycles. The predicted octanol–water partition coefficient (Wildman–Crippen LogP) is 1.17. The van der Waals surface area contributed by atoms with Crippen LogP contribution in [0.5, 0.6) is 0 Å². The van der Waals surface area contributed by atoms with Crippen LogP contribution in [0.1, 0.15) is 5.56 Å². The van der Waals surface area contributed by atoms with Gasteiger partial charge >= 0.3 is 0 Å². The van der Waals surface area contributed by atoms with E-state index in [0.717, 1.165) is 9.26 Å². The number of halogens is 1. The molecule has 0 fully saturated rings. The van der Waals surface area contributed by atoms with Crippen LogP contribution < -0.4 is 5.56 Å². The molecule has 4 heteroatoms. The first-order valence-electron chi connectivity index (χ1n) is 3.60.